The van der Waals surface area contributed by atoms with Gasteiger partial charge in [0.2, 0.25) is 0 Å². The molecule has 0 N–H and O–H groups in total. The van der Waals surface area contributed by atoms with E-state index in [1.807, 2.05) is 203 Å². The Morgan fingerprint density at radius 1 is 0.182 bits per heavy atom. The van der Waals surface area contributed by atoms with Crippen LogP contribution in [0.25, 0.3) is 67.1 Å². The van der Waals surface area contributed by atoms with Crippen LogP contribution >= 0.6 is 0 Å². The van der Waals surface area contributed by atoms with Crippen LogP contribution in [0, 0.1) is 0 Å². The lowest BCUT2D eigenvalue weighted by atomic mass is 9.93. The minimum Gasteiger partial charge on any atom is -0.0776 e. The van der Waals surface area contributed by atoms with Crippen molar-refractivity contribution in [3.63, 3.8) is 0 Å². The second-order valence-electron chi connectivity index (χ2n) is 12.6. The van der Waals surface area contributed by atoms with E-state index in [2.05, 4.69) is 206 Å². The van der Waals surface area contributed by atoms with Gasteiger partial charge in [-0.05, 0) is 84.3 Å². The van der Waals surface area contributed by atoms with E-state index in [1.54, 1.807) is 0 Å². The molecule has 9 aromatic rings. The first-order chi connectivity index (χ1) is 37.8. The van der Waals surface area contributed by atoms with E-state index < -0.39 is 0 Å². The molecule has 0 bridgehead atoms. The summed E-state index contributed by atoms with van der Waals surface area (Å²) < 4.78 is 0. The predicted octanol–water partition coefficient (Wildman–Crippen LogP) is 27.5. The minimum absolute atomic E-state index is 0. The highest BCUT2D eigenvalue weighted by Crippen LogP contribution is 2.33. The van der Waals surface area contributed by atoms with Crippen molar-refractivity contribution >= 4 is 33.7 Å². The van der Waals surface area contributed by atoms with Crippen LogP contribution in [0.15, 0.2) is 231 Å². The van der Waals surface area contributed by atoms with E-state index in [1.165, 1.54) is 66.1 Å². The van der Waals surface area contributed by atoms with Gasteiger partial charge in [0.25, 0.3) is 0 Å². The molecule has 0 atom stereocenters. The van der Waals surface area contributed by atoms with Crippen molar-refractivity contribution in [2.45, 2.75) is 174 Å². The van der Waals surface area contributed by atoms with Crippen LogP contribution in [-0.2, 0) is 0 Å². The molecule has 0 unspecified atom stereocenters. The van der Waals surface area contributed by atoms with Crippen molar-refractivity contribution in [1.29, 1.82) is 0 Å². The molecule has 0 spiro atoms. The fraction of sp³-hybridized carbons (Fsp3) is 0.325. The van der Waals surface area contributed by atoms with Crippen molar-refractivity contribution in [1.82, 2.24) is 0 Å². The Bertz CT molecular complexity index is 2230. The largest absolute Gasteiger partial charge is 0.0776 e. The van der Waals surface area contributed by atoms with Gasteiger partial charge < -0.3 is 0 Å². The van der Waals surface area contributed by atoms with Crippen LogP contribution in [0.1, 0.15) is 185 Å². The number of hydrogen-bond acceptors (Lipinski definition) is 0. The first-order valence-electron chi connectivity index (χ1n) is 29.8. The van der Waals surface area contributed by atoms with Gasteiger partial charge in [0, 0.05) is 0 Å². The Morgan fingerprint density at radius 3 is 0.584 bits per heavy atom. The number of hydrogen-bond donors (Lipinski definition) is 0. The summed E-state index contributed by atoms with van der Waals surface area (Å²) in [6.07, 6.45) is 4.24. The van der Waals surface area contributed by atoms with Gasteiger partial charge in [-0.15, -0.1) is 0 Å². The normalized spacial score (nSPS) is 8.10. The molecule has 424 valence electrons. The first kappa shape index (κ1) is 84.2. The Morgan fingerprint density at radius 2 is 0.364 bits per heavy atom. The van der Waals surface area contributed by atoms with E-state index in [0.717, 1.165) is 0 Å². The topological polar surface area (TPSA) is 0 Å². The van der Waals surface area contributed by atoms with Gasteiger partial charge >= 0.3 is 0 Å². The highest BCUT2D eigenvalue weighted by Gasteiger charge is 2.07. The minimum atomic E-state index is 0. The molecule has 0 aliphatic carbocycles. The van der Waals surface area contributed by atoms with Gasteiger partial charge in [0.1, 0.15) is 0 Å². The third-order valence-electron chi connectivity index (χ3n) is 8.98. The summed E-state index contributed by atoms with van der Waals surface area (Å²) >= 11 is 0. The number of fused-ring (bicyclic) bond motifs is 3. The molecule has 77 heavy (non-hydrogen) atoms. The SMILES string of the molecule is C.C(=C\c1ccccc1)/c1ccccc1.CC.CC.CC.CC.CC.CC.CC.CC.CC.CC.CC.CC.c1ccc(-c2cc(-c3ccccc3)cc(-c3ccccc3)c2)cc1.c1ccc2c(c1)ccc1ccccc12. The van der Waals surface area contributed by atoms with Crippen LogP contribution in [0.2, 0.25) is 0 Å². The van der Waals surface area contributed by atoms with Gasteiger partial charge in [0.15, 0.2) is 0 Å². The van der Waals surface area contributed by atoms with E-state index in [-0.39, 0.29) is 7.43 Å². The average molecular weight is 1040 g/mol. The fourth-order valence-corrected chi connectivity index (χ4v) is 6.29. The lowest BCUT2D eigenvalue weighted by Gasteiger charge is -2.11. The molecule has 0 fully saturated rings. The van der Waals surface area contributed by atoms with Crippen molar-refractivity contribution < 1.29 is 0 Å². The van der Waals surface area contributed by atoms with E-state index >= 15 is 0 Å². The van der Waals surface area contributed by atoms with Crippen LogP contribution in [-0.4, -0.2) is 0 Å². The molecule has 9 aromatic carbocycles. The Balaban J connectivity index is -0.000000163. The molecule has 0 saturated carbocycles. The first-order valence-corrected chi connectivity index (χ1v) is 29.8. The number of rotatable bonds is 5. The molecule has 0 saturated heterocycles. The Kier molecular flexibility index (Phi) is 73.5. The Labute approximate surface area is 479 Å². The molecular formula is C77H116. The lowest BCUT2D eigenvalue weighted by molar-refractivity contribution is 1.50. The fourth-order valence-electron chi connectivity index (χ4n) is 6.29. The molecule has 0 amide bonds. The van der Waals surface area contributed by atoms with Crippen LogP contribution in [0.4, 0.5) is 0 Å². The molecule has 0 heteroatoms. The Hall–Kier alpha value is -6.76. The van der Waals surface area contributed by atoms with Crippen molar-refractivity contribution in [2.24, 2.45) is 0 Å². The molecule has 0 aliphatic heterocycles. The zero-order valence-electron chi connectivity index (χ0n) is 53.1. The molecule has 0 aliphatic rings. The van der Waals surface area contributed by atoms with Crippen LogP contribution < -0.4 is 0 Å². The van der Waals surface area contributed by atoms with Crippen LogP contribution in [0.3, 0.4) is 0 Å². The maximum Gasteiger partial charge on any atom is -0.0105 e. The molecule has 0 aromatic heterocycles. The summed E-state index contributed by atoms with van der Waals surface area (Å²) in [5.41, 5.74) is 9.93. The third kappa shape index (κ3) is 36.0. The summed E-state index contributed by atoms with van der Waals surface area (Å²) in [6, 6.07) is 80.5. The molecular weight excluding hydrogens is 925 g/mol. The summed E-state index contributed by atoms with van der Waals surface area (Å²) in [7, 11) is 0. The lowest BCUT2D eigenvalue weighted by Crippen LogP contribution is -1.85. The monoisotopic (exact) mass is 1040 g/mol. The summed E-state index contributed by atoms with van der Waals surface area (Å²) in [5, 5.41) is 5.30. The zero-order chi connectivity index (χ0) is 59.2. The van der Waals surface area contributed by atoms with E-state index in [9.17, 15) is 0 Å². The second-order valence-corrected chi connectivity index (χ2v) is 12.6. The average Bonchev–Trinajstić information content (AvgIpc) is 3.57. The van der Waals surface area contributed by atoms with Gasteiger partial charge in [-0.2, -0.15) is 0 Å². The maximum absolute atomic E-state index is 2.27. The predicted molar refractivity (Wildman–Crippen MR) is 369 cm³/mol. The quantitative estimate of drug-likeness (QED) is 0.119. The molecule has 0 heterocycles. The van der Waals surface area contributed by atoms with E-state index in [4.69, 9.17) is 0 Å². The summed E-state index contributed by atoms with van der Waals surface area (Å²) in [6.45, 7) is 48.0. The molecule has 0 radical (unpaired) electrons. The molecule has 0 nitrogen and oxygen atoms in total. The van der Waals surface area contributed by atoms with E-state index in [0.29, 0.717) is 0 Å². The van der Waals surface area contributed by atoms with Crippen molar-refractivity contribution in [3.8, 4) is 33.4 Å². The van der Waals surface area contributed by atoms with Crippen LogP contribution in [0.5, 0.6) is 0 Å². The van der Waals surface area contributed by atoms with Gasteiger partial charge in [-0.1, -0.05) is 398 Å². The smallest absolute Gasteiger partial charge is 0.0105 e. The van der Waals surface area contributed by atoms with Crippen molar-refractivity contribution in [3.05, 3.63) is 242 Å². The zero-order valence-corrected chi connectivity index (χ0v) is 53.1. The molecule has 9 rings (SSSR count). The third-order valence-corrected chi connectivity index (χ3v) is 8.98. The van der Waals surface area contributed by atoms with Gasteiger partial charge in [-0.3, -0.25) is 0 Å². The second kappa shape index (κ2) is 67.3. The number of benzene rings is 9. The van der Waals surface area contributed by atoms with Gasteiger partial charge in [-0.25, -0.2) is 0 Å². The highest BCUT2D eigenvalue weighted by atomic mass is 14.1. The van der Waals surface area contributed by atoms with Gasteiger partial charge in [0.05, 0.1) is 0 Å². The standard InChI is InChI=1S/C24H18.C14H10.C14H12.12C2H6.CH4/c1-4-10-19(11-5-1)22-16-23(20-12-6-2-7-13-20)18-24(17-22)21-14-8-3-9-15-21;1-3-7-13-11(5-1)9-10-12-6-2-4-8-14(12)13;1-3-7-13(8-4-1)11-12-14-9-5-2-6-10-14;12*1-2;/h1-18H;1-10H;1-12H;12*1-2H3;1H4/b;;12-11+;;;;;;;;;;;;;. The maximum atomic E-state index is 2.27. The highest BCUT2D eigenvalue weighted by molar-refractivity contribution is 6.07. The summed E-state index contributed by atoms with van der Waals surface area (Å²) in [4.78, 5) is 0. The van der Waals surface area contributed by atoms with Crippen molar-refractivity contribution in [2.75, 3.05) is 0 Å². The summed E-state index contributed by atoms with van der Waals surface area (Å²) in [5.74, 6) is 0.